The van der Waals surface area contributed by atoms with Gasteiger partial charge >= 0.3 is 0 Å². The zero-order chi connectivity index (χ0) is 12.4. The normalized spacial score (nSPS) is 19.2. The molecule has 1 aliphatic heterocycles. The van der Waals surface area contributed by atoms with E-state index in [0.29, 0.717) is 5.92 Å². The van der Waals surface area contributed by atoms with Crippen molar-refractivity contribution in [1.29, 1.82) is 0 Å². The SMILES string of the molecule is Nc1ccc(-c2nccn2CC2CCOC2)cc1. The second-order valence-electron chi connectivity index (χ2n) is 4.75. The van der Waals surface area contributed by atoms with E-state index in [1.54, 1.807) is 0 Å². The van der Waals surface area contributed by atoms with Gasteiger partial charge in [-0.05, 0) is 30.7 Å². The van der Waals surface area contributed by atoms with Crippen molar-refractivity contribution >= 4 is 5.69 Å². The van der Waals surface area contributed by atoms with E-state index in [1.165, 1.54) is 0 Å². The van der Waals surface area contributed by atoms with E-state index in [2.05, 4.69) is 9.55 Å². The highest BCUT2D eigenvalue weighted by Crippen LogP contribution is 2.22. The number of rotatable bonds is 3. The Balaban J connectivity index is 1.84. The molecule has 4 nitrogen and oxygen atoms in total. The molecular formula is C14H17N3O. The minimum absolute atomic E-state index is 0.603. The van der Waals surface area contributed by atoms with Gasteiger partial charge in [0.15, 0.2) is 0 Å². The number of nitrogen functional groups attached to an aromatic ring is 1. The summed E-state index contributed by atoms with van der Waals surface area (Å²) in [5.74, 6) is 1.61. The number of anilines is 1. The van der Waals surface area contributed by atoms with Crippen molar-refractivity contribution in [2.45, 2.75) is 13.0 Å². The molecule has 2 N–H and O–H groups in total. The number of ether oxygens (including phenoxy) is 1. The molecule has 1 aliphatic rings. The second-order valence-corrected chi connectivity index (χ2v) is 4.75. The van der Waals surface area contributed by atoms with E-state index in [1.807, 2.05) is 36.7 Å². The summed E-state index contributed by atoms with van der Waals surface area (Å²) in [6.07, 6.45) is 5.02. The van der Waals surface area contributed by atoms with Gasteiger partial charge in [-0.2, -0.15) is 0 Å². The topological polar surface area (TPSA) is 53.1 Å². The van der Waals surface area contributed by atoms with E-state index in [9.17, 15) is 0 Å². The Bertz CT molecular complexity index is 512. The lowest BCUT2D eigenvalue weighted by molar-refractivity contribution is 0.182. The van der Waals surface area contributed by atoms with Gasteiger partial charge in [-0.25, -0.2) is 4.98 Å². The number of aromatic nitrogens is 2. The summed E-state index contributed by atoms with van der Waals surface area (Å²) >= 11 is 0. The Morgan fingerprint density at radius 1 is 1.33 bits per heavy atom. The van der Waals surface area contributed by atoms with Gasteiger partial charge in [0, 0.05) is 42.7 Å². The Morgan fingerprint density at radius 2 is 2.17 bits per heavy atom. The Morgan fingerprint density at radius 3 is 2.89 bits per heavy atom. The molecule has 1 saturated heterocycles. The van der Waals surface area contributed by atoms with Gasteiger partial charge in [0.25, 0.3) is 0 Å². The first kappa shape index (κ1) is 11.3. The molecule has 0 amide bonds. The first-order chi connectivity index (χ1) is 8.83. The monoisotopic (exact) mass is 243 g/mol. The minimum atomic E-state index is 0.603. The highest BCUT2D eigenvalue weighted by molar-refractivity contribution is 5.59. The van der Waals surface area contributed by atoms with Gasteiger partial charge in [0.05, 0.1) is 6.61 Å². The smallest absolute Gasteiger partial charge is 0.139 e. The molecule has 3 rings (SSSR count). The van der Waals surface area contributed by atoms with Crippen LogP contribution in [0.5, 0.6) is 0 Å². The van der Waals surface area contributed by atoms with E-state index in [-0.39, 0.29) is 0 Å². The molecule has 0 bridgehead atoms. The number of nitrogens with two attached hydrogens (primary N) is 1. The van der Waals surface area contributed by atoms with Crippen LogP contribution in [0.15, 0.2) is 36.7 Å². The molecule has 1 aromatic carbocycles. The quantitative estimate of drug-likeness (QED) is 0.840. The lowest BCUT2D eigenvalue weighted by atomic mass is 10.1. The molecule has 1 fully saturated rings. The van der Waals surface area contributed by atoms with Crippen molar-refractivity contribution in [3.63, 3.8) is 0 Å². The van der Waals surface area contributed by atoms with Crippen molar-refractivity contribution in [3.8, 4) is 11.4 Å². The lowest BCUT2D eigenvalue weighted by Crippen LogP contribution is -2.11. The molecule has 1 aromatic heterocycles. The molecule has 94 valence electrons. The molecule has 1 unspecified atom stereocenters. The maximum atomic E-state index is 5.71. The van der Waals surface area contributed by atoms with Crippen LogP contribution in [0.2, 0.25) is 0 Å². The Kier molecular flexibility index (Phi) is 3.02. The maximum Gasteiger partial charge on any atom is 0.139 e. The predicted octanol–water partition coefficient (Wildman–Crippen LogP) is 2.17. The van der Waals surface area contributed by atoms with E-state index in [4.69, 9.17) is 10.5 Å². The van der Waals surface area contributed by atoms with Crippen molar-refractivity contribution in [1.82, 2.24) is 9.55 Å². The largest absolute Gasteiger partial charge is 0.399 e. The number of nitrogens with zero attached hydrogens (tertiary/aromatic N) is 2. The fraction of sp³-hybridized carbons (Fsp3) is 0.357. The molecular weight excluding hydrogens is 226 g/mol. The van der Waals surface area contributed by atoms with Gasteiger partial charge < -0.3 is 15.0 Å². The molecule has 1 atom stereocenters. The molecule has 0 spiro atoms. The predicted molar refractivity (Wildman–Crippen MR) is 71.0 cm³/mol. The summed E-state index contributed by atoms with van der Waals surface area (Å²) in [6, 6.07) is 7.85. The first-order valence-corrected chi connectivity index (χ1v) is 6.28. The zero-order valence-corrected chi connectivity index (χ0v) is 10.2. The van der Waals surface area contributed by atoms with Crippen molar-refractivity contribution in [2.24, 2.45) is 5.92 Å². The molecule has 0 saturated carbocycles. The third-order valence-electron chi connectivity index (χ3n) is 3.36. The number of hydrogen-bond donors (Lipinski definition) is 1. The van der Waals surface area contributed by atoms with Crippen LogP contribution in [0.1, 0.15) is 6.42 Å². The second kappa shape index (κ2) is 4.82. The molecule has 0 radical (unpaired) electrons. The minimum Gasteiger partial charge on any atom is -0.399 e. The van der Waals surface area contributed by atoms with Gasteiger partial charge in [0.2, 0.25) is 0 Å². The Labute approximate surface area is 106 Å². The number of benzene rings is 1. The summed E-state index contributed by atoms with van der Waals surface area (Å²) in [6.45, 7) is 2.72. The summed E-state index contributed by atoms with van der Waals surface area (Å²) in [5, 5.41) is 0. The fourth-order valence-corrected chi connectivity index (χ4v) is 2.35. The van der Waals surface area contributed by atoms with Crippen LogP contribution < -0.4 is 5.73 Å². The number of imidazole rings is 1. The maximum absolute atomic E-state index is 5.71. The van der Waals surface area contributed by atoms with Crippen LogP contribution in [0.4, 0.5) is 5.69 Å². The van der Waals surface area contributed by atoms with E-state index in [0.717, 1.165) is 43.3 Å². The average molecular weight is 243 g/mol. The molecule has 4 heteroatoms. The lowest BCUT2D eigenvalue weighted by Gasteiger charge is -2.12. The molecule has 2 heterocycles. The highest BCUT2D eigenvalue weighted by atomic mass is 16.5. The summed E-state index contributed by atoms with van der Waals surface area (Å²) in [5.41, 5.74) is 7.59. The van der Waals surface area contributed by atoms with Crippen molar-refractivity contribution in [3.05, 3.63) is 36.7 Å². The third kappa shape index (κ3) is 2.24. The summed E-state index contributed by atoms with van der Waals surface area (Å²) in [7, 11) is 0. The number of hydrogen-bond acceptors (Lipinski definition) is 3. The van der Waals surface area contributed by atoms with Gasteiger partial charge in [0.1, 0.15) is 5.82 Å². The zero-order valence-electron chi connectivity index (χ0n) is 10.2. The van der Waals surface area contributed by atoms with Crippen LogP contribution in [-0.2, 0) is 11.3 Å². The van der Waals surface area contributed by atoms with Crippen molar-refractivity contribution in [2.75, 3.05) is 18.9 Å². The third-order valence-corrected chi connectivity index (χ3v) is 3.36. The average Bonchev–Trinajstić information content (AvgIpc) is 3.02. The van der Waals surface area contributed by atoms with Crippen LogP contribution in [0.3, 0.4) is 0 Å². The fourth-order valence-electron chi connectivity index (χ4n) is 2.35. The molecule has 0 aliphatic carbocycles. The van der Waals surface area contributed by atoms with Crippen LogP contribution >= 0.6 is 0 Å². The van der Waals surface area contributed by atoms with Gasteiger partial charge in [-0.15, -0.1) is 0 Å². The van der Waals surface area contributed by atoms with Gasteiger partial charge in [-0.3, -0.25) is 0 Å². The molecule has 2 aromatic rings. The molecule has 18 heavy (non-hydrogen) atoms. The highest BCUT2D eigenvalue weighted by Gasteiger charge is 2.17. The standard InChI is InChI=1S/C14H17N3O/c15-13-3-1-12(2-4-13)14-16-6-7-17(14)9-11-5-8-18-10-11/h1-4,6-7,11H,5,8-10,15H2. The van der Waals surface area contributed by atoms with Crippen LogP contribution in [0, 0.1) is 5.92 Å². The summed E-state index contributed by atoms with van der Waals surface area (Å²) < 4.78 is 7.62. The van der Waals surface area contributed by atoms with E-state index < -0.39 is 0 Å². The van der Waals surface area contributed by atoms with Crippen LogP contribution in [0.25, 0.3) is 11.4 Å². The van der Waals surface area contributed by atoms with E-state index >= 15 is 0 Å². The van der Waals surface area contributed by atoms with Crippen LogP contribution in [-0.4, -0.2) is 22.8 Å². The Hall–Kier alpha value is -1.81. The summed E-state index contributed by atoms with van der Waals surface area (Å²) in [4.78, 5) is 4.44. The first-order valence-electron chi connectivity index (χ1n) is 6.28. The van der Waals surface area contributed by atoms with Crippen molar-refractivity contribution < 1.29 is 4.74 Å². The van der Waals surface area contributed by atoms with Gasteiger partial charge in [-0.1, -0.05) is 0 Å².